The highest BCUT2D eigenvalue weighted by atomic mass is 35.5. The standard InChI is InChI=1S/C18H29ClN2/c1-3-10-21-11-5-8-18(9-12-21)20-15(2)13-16-6-4-7-17(19)14-16/h4,6-7,14-15,18,20H,3,5,8-13H2,1-2H3. The summed E-state index contributed by atoms with van der Waals surface area (Å²) in [4.78, 5) is 2.61. The normalized spacial score (nSPS) is 22.0. The molecule has 1 heterocycles. The van der Waals surface area contributed by atoms with Crippen LogP contribution in [-0.4, -0.2) is 36.6 Å². The maximum Gasteiger partial charge on any atom is 0.0408 e. The van der Waals surface area contributed by atoms with Gasteiger partial charge in [0.15, 0.2) is 0 Å². The first-order valence-electron chi connectivity index (χ1n) is 8.40. The summed E-state index contributed by atoms with van der Waals surface area (Å²) in [5.74, 6) is 0. The summed E-state index contributed by atoms with van der Waals surface area (Å²) >= 11 is 6.06. The Bertz CT molecular complexity index is 421. The predicted octanol–water partition coefficient (Wildman–Crippen LogP) is 4.13. The highest BCUT2D eigenvalue weighted by molar-refractivity contribution is 6.30. The lowest BCUT2D eigenvalue weighted by atomic mass is 10.0. The van der Waals surface area contributed by atoms with Crippen molar-refractivity contribution < 1.29 is 0 Å². The first-order valence-corrected chi connectivity index (χ1v) is 8.78. The number of benzene rings is 1. The van der Waals surface area contributed by atoms with E-state index >= 15 is 0 Å². The topological polar surface area (TPSA) is 15.3 Å². The van der Waals surface area contributed by atoms with Gasteiger partial charge in [0, 0.05) is 17.1 Å². The molecule has 3 heteroatoms. The van der Waals surface area contributed by atoms with Gasteiger partial charge in [0.05, 0.1) is 0 Å². The number of nitrogens with one attached hydrogen (secondary N) is 1. The Kier molecular flexibility index (Phi) is 7.01. The minimum absolute atomic E-state index is 0.506. The second-order valence-electron chi connectivity index (χ2n) is 6.37. The lowest BCUT2D eigenvalue weighted by molar-refractivity contribution is 0.281. The molecule has 0 aliphatic carbocycles. The van der Waals surface area contributed by atoms with Crippen LogP contribution in [0.3, 0.4) is 0 Å². The maximum atomic E-state index is 6.06. The molecule has 2 unspecified atom stereocenters. The number of rotatable bonds is 6. The zero-order valence-electron chi connectivity index (χ0n) is 13.4. The van der Waals surface area contributed by atoms with Crippen LogP contribution in [0.15, 0.2) is 24.3 Å². The molecule has 1 aromatic carbocycles. The third-order valence-electron chi connectivity index (χ3n) is 4.31. The van der Waals surface area contributed by atoms with Gasteiger partial charge >= 0.3 is 0 Å². The van der Waals surface area contributed by atoms with E-state index in [9.17, 15) is 0 Å². The quantitative estimate of drug-likeness (QED) is 0.850. The summed E-state index contributed by atoms with van der Waals surface area (Å²) in [5.41, 5.74) is 1.32. The molecule has 0 saturated carbocycles. The largest absolute Gasteiger partial charge is 0.311 e. The molecule has 0 radical (unpaired) electrons. The van der Waals surface area contributed by atoms with Crippen molar-refractivity contribution in [1.29, 1.82) is 0 Å². The van der Waals surface area contributed by atoms with E-state index in [4.69, 9.17) is 11.6 Å². The third kappa shape index (κ3) is 5.98. The van der Waals surface area contributed by atoms with Gasteiger partial charge in [-0.3, -0.25) is 0 Å². The Balaban J connectivity index is 1.78. The average Bonchev–Trinajstić information content (AvgIpc) is 2.65. The van der Waals surface area contributed by atoms with Crippen LogP contribution in [0.4, 0.5) is 0 Å². The number of hydrogen-bond acceptors (Lipinski definition) is 2. The van der Waals surface area contributed by atoms with Crippen molar-refractivity contribution in [2.45, 2.75) is 58.0 Å². The molecule has 0 bridgehead atoms. The molecule has 118 valence electrons. The van der Waals surface area contributed by atoms with Crippen molar-refractivity contribution >= 4 is 11.6 Å². The molecule has 2 nitrogen and oxygen atoms in total. The molecular formula is C18H29ClN2. The molecule has 0 amide bonds. The van der Waals surface area contributed by atoms with Gasteiger partial charge in [-0.2, -0.15) is 0 Å². The van der Waals surface area contributed by atoms with E-state index < -0.39 is 0 Å². The zero-order valence-corrected chi connectivity index (χ0v) is 14.2. The predicted molar refractivity (Wildman–Crippen MR) is 92.1 cm³/mol. The maximum absolute atomic E-state index is 6.06. The van der Waals surface area contributed by atoms with E-state index in [2.05, 4.69) is 36.2 Å². The molecule has 1 aliphatic heterocycles. The highest BCUT2D eigenvalue weighted by Crippen LogP contribution is 2.15. The van der Waals surface area contributed by atoms with Gasteiger partial charge in [-0.05, 0) is 76.4 Å². The van der Waals surface area contributed by atoms with Crippen LogP contribution in [0.2, 0.25) is 5.02 Å². The Morgan fingerprint density at radius 3 is 2.95 bits per heavy atom. The summed E-state index contributed by atoms with van der Waals surface area (Å²) in [5, 5.41) is 4.66. The number of hydrogen-bond donors (Lipinski definition) is 1. The SMILES string of the molecule is CCCN1CCCC(NC(C)Cc2cccc(Cl)c2)CC1. The van der Waals surface area contributed by atoms with Gasteiger partial charge in [-0.15, -0.1) is 0 Å². The Hall–Kier alpha value is -0.570. The van der Waals surface area contributed by atoms with Gasteiger partial charge in [0.1, 0.15) is 0 Å². The smallest absolute Gasteiger partial charge is 0.0408 e. The van der Waals surface area contributed by atoms with Crippen molar-refractivity contribution in [3.63, 3.8) is 0 Å². The molecular weight excluding hydrogens is 280 g/mol. The van der Waals surface area contributed by atoms with Crippen LogP contribution < -0.4 is 5.32 Å². The highest BCUT2D eigenvalue weighted by Gasteiger charge is 2.18. The minimum Gasteiger partial charge on any atom is -0.311 e. The number of likely N-dealkylation sites (tertiary alicyclic amines) is 1. The number of halogens is 1. The molecule has 2 atom stereocenters. The molecule has 1 aromatic rings. The van der Waals surface area contributed by atoms with Gasteiger partial charge in [-0.25, -0.2) is 0 Å². The van der Waals surface area contributed by atoms with Gasteiger partial charge in [-0.1, -0.05) is 30.7 Å². The summed E-state index contributed by atoms with van der Waals surface area (Å²) in [6.45, 7) is 8.33. The van der Waals surface area contributed by atoms with Gasteiger partial charge < -0.3 is 10.2 Å². The van der Waals surface area contributed by atoms with Gasteiger partial charge in [0.25, 0.3) is 0 Å². The van der Waals surface area contributed by atoms with Crippen LogP contribution >= 0.6 is 11.6 Å². The lowest BCUT2D eigenvalue weighted by Crippen LogP contribution is -2.38. The lowest BCUT2D eigenvalue weighted by Gasteiger charge is -2.23. The Morgan fingerprint density at radius 1 is 1.33 bits per heavy atom. The molecule has 0 aromatic heterocycles. The van der Waals surface area contributed by atoms with Crippen LogP contribution in [0.25, 0.3) is 0 Å². The molecule has 1 N–H and O–H groups in total. The van der Waals surface area contributed by atoms with Crippen molar-refractivity contribution in [2.75, 3.05) is 19.6 Å². The van der Waals surface area contributed by atoms with E-state index in [0.717, 1.165) is 11.4 Å². The van der Waals surface area contributed by atoms with E-state index in [-0.39, 0.29) is 0 Å². The summed E-state index contributed by atoms with van der Waals surface area (Å²) in [6.07, 6.45) is 6.22. The Labute approximate surface area is 134 Å². The fourth-order valence-corrected chi connectivity index (χ4v) is 3.55. The Morgan fingerprint density at radius 2 is 2.19 bits per heavy atom. The average molecular weight is 309 g/mol. The minimum atomic E-state index is 0.506. The second-order valence-corrected chi connectivity index (χ2v) is 6.81. The molecule has 1 fully saturated rings. The summed E-state index contributed by atoms with van der Waals surface area (Å²) in [6, 6.07) is 9.40. The van der Waals surface area contributed by atoms with Crippen LogP contribution in [0.1, 0.15) is 45.1 Å². The van der Waals surface area contributed by atoms with Crippen molar-refractivity contribution in [3.8, 4) is 0 Å². The van der Waals surface area contributed by atoms with E-state index in [1.807, 2.05) is 12.1 Å². The first-order chi connectivity index (χ1) is 10.2. The molecule has 0 spiro atoms. The first kappa shape index (κ1) is 16.8. The molecule has 2 rings (SSSR count). The van der Waals surface area contributed by atoms with Crippen molar-refractivity contribution in [3.05, 3.63) is 34.9 Å². The summed E-state index contributed by atoms with van der Waals surface area (Å²) in [7, 11) is 0. The monoisotopic (exact) mass is 308 g/mol. The third-order valence-corrected chi connectivity index (χ3v) is 4.55. The fraction of sp³-hybridized carbons (Fsp3) is 0.667. The van der Waals surface area contributed by atoms with E-state index in [0.29, 0.717) is 12.1 Å². The molecule has 1 aliphatic rings. The van der Waals surface area contributed by atoms with E-state index in [1.54, 1.807) is 0 Å². The van der Waals surface area contributed by atoms with Crippen molar-refractivity contribution in [2.24, 2.45) is 0 Å². The van der Waals surface area contributed by atoms with Crippen LogP contribution in [0.5, 0.6) is 0 Å². The second kappa shape index (κ2) is 8.77. The number of nitrogens with zero attached hydrogens (tertiary/aromatic N) is 1. The summed E-state index contributed by atoms with van der Waals surface area (Å²) < 4.78 is 0. The van der Waals surface area contributed by atoms with E-state index in [1.165, 1.54) is 50.9 Å². The van der Waals surface area contributed by atoms with Gasteiger partial charge in [0.2, 0.25) is 0 Å². The fourth-order valence-electron chi connectivity index (χ4n) is 3.34. The zero-order chi connectivity index (χ0) is 15.1. The molecule has 1 saturated heterocycles. The molecule has 21 heavy (non-hydrogen) atoms. The van der Waals surface area contributed by atoms with Crippen LogP contribution in [0, 0.1) is 0 Å². The van der Waals surface area contributed by atoms with Crippen LogP contribution in [-0.2, 0) is 6.42 Å². The van der Waals surface area contributed by atoms with Crippen molar-refractivity contribution in [1.82, 2.24) is 10.2 Å².